The van der Waals surface area contributed by atoms with Crippen LogP contribution in [0.4, 0.5) is 0 Å². The average Bonchev–Trinajstić information content (AvgIpc) is 2.65. The molecule has 1 aliphatic heterocycles. The van der Waals surface area contributed by atoms with Crippen LogP contribution in [0.1, 0.15) is 6.92 Å². The van der Waals surface area contributed by atoms with Gasteiger partial charge in [-0.05, 0) is 13.0 Å². The largest absolute Gasteiger partial charge is 0.335 e. The molecule has 2 atom stereocenters. The van der Waals surface area contributed by atoms with Gasteiger partial charge in [-0.1, -0.05) is 0 Å². The van der Waals surface area contributed by atoms with Gasteiger partial charge in [-0.15, -0.1) is 0 Å². The maximum atomic E-state index is 11.3. The van der Waals surface area contributed by atoms with Crippen LogP contribution in [0.3, 0.4) is 0 Å². The summed E-state index contributed by atoms with van der Waals surface area (Å²) in [5.74, 6) is 0.0460. The topological polar surface area (TPSA) is 64.2 Å². The molecule has 76 valence electrons. The van der Waals surface area contributed by atoms with Crippen LogP contribution in [0.25, 0.3) is 0 Å². The van der Waals surface area contributed by atoms with E-state index in [1.165, 1.54) is 0 Å². The Kier molecular flexibility index (Phi) is 2.25. The lowest BCUT2D eigenvalue weighted by Gasteiger charge is -2.40. The van der Waals surface area contributed by atoms with Crippen LogP contribution in [0.5, 0.6) is 0 Å². The molecule has 0 aromatic carbocycles. The van der Waals surface area contributed by atoms with E-state index in [1.54, 1.807) is 11.1 Å². The van der Waals surface area contributed by atoms with E-state index >= 15 is 0 Å². The van der Waals surface area contributed by atoms with Gasteiger partial charge in [0.25, 0.3) is 0 Å². The minimum atomic E-state index is -0.282. The van der Waals surface area contributed by atoms with E-state index in [0.29, 0.717) is 6.54 Å². The minimum absolute atomic E-state index is 0.0460. The highest BCUT2D eigenvalue weighted by atomic mass is 16.2. The first-order valence-corrected chi connectivity index (χ1v) is 4.72. The van der Waals surface area contributed by atoms with Crippen molar-refractivity contribution in [3.63, 3.8) is 0 Å². The van der Waals surface area contributed by atoms with Crippen molar-refractivity contribution < 1.29 is 4.79 Å². The van der Waals surface area contributed by atoms with Gasteiger partial charge in [-0.25, -0.2) is 0 Å². The summed E-state index contributed by atoms with van der Waals surface area (Å²) in [5, 5.41) is 4.09. The van der Waals surface area contributed by atoms with Crippen molar-refractivity contribution in [3.05, 3.63) is 18.5 Å². The summed E-state index contributed by atoms with van der Waals surface area (Å²) in [6, 6.07) is 1.76. The van der Waals surface area contributed by atoms with Crippen LogP contribution < -0.4 is 5.73 Å². The lowest BCUT2D eigenvalue weighted by Crippen LogP contribution is -2.64. The van der Waals surface area contributed by atoms with Crippen LogP contribution in [-0.4, -0.2) is 39.2 Å². The van der Waals surface area contributed by atoms with E-state index < -0.39 is 0 Å². The summed E-state index contributed by atoms with van der Waals surface area (Å²) in [7, 11) is 0. The molecule has 5 heteroatoms. The van der Waals surface area contributed by atoms with Gasteiger partial charge in [0, 0.05) is 25.0 Å². The summed E-state index contributed by atoms with van der Waals surface area (Å²) < 4.78 is 1.82. The third-order valence-corrected chi connectivity index (χ3v) is 2.54. The van der Waals surface area contributed by atoms with Crippen molar-refractivity contribution in [2.24, 2.45) is 5.73 Å². The number of carbonyl (C=O) groups is 1. The van der Waals surface area contributed by atoms with Gasteiger partial charge in [-0.2, -0.15) is 5.10 Å². The van der Waals surface area contributed by atoms with E-state index in [1.807, 2.05) is 23.9 Å². The molecule has 1 aliphatic rings. The highest BCUT2D eigenvalue weighted by Crippen LogP contribution is 2.13. The molecule has 14 heavy (non-hydrogen) atoms. The first-order chi connectivity index (χ1) is 6.68. The van der Waals surface area contributed by atoms with Gasteiger partial charge in [0.2, 0.25) is 5.91 Å². The zero-order chi connectivity index (χ0) is 10.1. The van der Waals surface area contributed by atoms with E-state index in [-0.39, 0.29) is 18.0 Å². The molecule has 2 unspecified atom stereocenters. The summed E-state index contributed by atoms with van der Waals surface area (Å²) >= 11 is 0. The molecule has 1 fully saturated rings. The first kappa shape index (κ1) is 9.21. The molecule has 1 saturated heterocycles. The third-order valence-electron chi connectivity index (χ3n) is 2.54. The summed E-state index contributed by atoms with van der Waals surface area (Å²) in [6.45, 7) is 3.40. The number of likely N-dealkylation sites (tertiary alicyclic amines) is 1. The van der Waals surface area contributed by atoms with Gasteiger partial charge in [0.05, 0.1) is 6.54 Å². The number of carbonyl (C=O) groups excluding carboxylic acids is 1. The molecular formula is C9H14N4O. The van der Waals surface area contributed by atoms with Gasteiger partial charge in [0.15, 0.2) is 0 Å². The van der Waals surface area contributed by atoms with Crippen molar-refractivity contribution in [3.8, 4) is 0 Å². The molecule has 2 N–H and O–H groups in total. The Hall–Kier alpha value is -1.36. The highest BCUT2D eigenvalue weighted by molar-refractivity contribution is 5.87. The van der Waals surface area contributed by atoms with Crippen molar-refractivity contribution in [1.82, 2.24) is 14.7 Å². The number of hydrogen-bond donors (Lipinski definition) is 1. The molecule has 0 bridgehead atoms. The number of nitrogens with two attached hydrogens (primary N) is 1. The smallest absolute Gasteiger partial charge is 0.241 e. The second-order valence-corrected chi connectivity index (χ2v) is 3.67. The van der Waals surface area contributed by atoms with E-state index in [2.05, 4.69) is 5.10 Å². The van der Waals surface area contributed by atoms with Crippen LogP contribution in [0.15, 0.2) is 18.5 Å². The summed E-state index contributed by atoms with van der Waals surface area (Å²) in [4.78, 5) is 13.1. The Bertz CT molecular complexity index is 322. The summed E-state index contributed by atoms with van der Waals surface area (Å²) in [5.41, 5.74) is 5.51. The fourth-order valence-electron chi connectivity index (χ4n) is 1.66. The van der Waals surface area contributed by atoms with Gasteiger partial charge >= 0.3 is 0 Å². The standard InChI is InChI=1S/C9H14N4O/c1-7(5-12-4-2-3-11-12)13-6-8(10)9(13)14/h2-4,7-8H,5-6,10H2,1H3. The normalized spacial score (nSPS) is 23.4. The van der Waals surface area contributed by atoms with Gasteiger partial charge in [0.1, 0.15) is 6.04 Å². The van der Waals surface area contributed by atoms with E-state index in [4.69, 9.17) is 5.73 Å². The van der Waals surface area contributed by atoms with Crippen molar-refractivity contribution >= 4 is 5.91 Å². The highest BCUT2D eigenvalue weighted by Gasteiger charge is 2.36. The Morgan fingerprint density at radius 1 is 1.79 bits per heavy atom. The molecule has 5 nitrogen and oxygen atoms in total. The number of amides is 1. The summed E-state index contributed by atoms with van der Waals surface area (Å²) in [6.07, 6.45) is 3.62. The number of aromatic nitrogens is 2. The number of hydrogen-bond acceptors (Lipinski definition) is 3. The Morgan fingerprint density at radius 3 is 3.07 bits per heavy atom. The zero-order valence-corrected chi connectivity index (χ0v) is 8.13. The molecule has 2 rings (SSSR count). The van der Waals surface area contributed by atoms with Gasteiger partial charge < -0.3 is 10.6 Å². The van der Waals surface area contributed by atoms with Crippen LogP contribution in [0.2, 0.25) is 0 Å². The molecule has 1 aromatic rings. The number of nitrogens with zero attached hydrogens (tertiary/aromatic N) is 3. The molecule has 2 heterocycles. The molecular weight excluding hydrogens is 180 g/mol. The number of rotatable bonds is 3. The molecule has 0 saturated carbocycles. The maximum Gasteiger partial charge on any atom is 0.241 e. The number of β-lactam (4-membered cyclic amide) rings is 1. The van der Waals surface area contributed by atoms with E-state index in [0.717, 1.165) is 6.54 Å². The van der Waals surface area contributed by atoms with Crippen molar-refractivity contribution in [2.45, 2.75) is 25.6 Å². The quantitative estimate of drug-likeness (QED) is 0.656. The first-order valence-electron chi connectivity index (χ1n) is 4.72. The fraction of sp³-hybridized carbons (Fsp3) is 0.556. The van der Waals surface area contributed by atoms with Crippen molar-refractivity contribution in [1.29, 1.82) is 0 Å². The third kappa shape index (κ3) is 1.50. The van der Waals surface area contributed by atoms with Crippen LogP contribution >= 0.6 is 0 Å². The SMILES string of the molecule is CC(Cn1cccn1)N1CC(N)C1=O. The monoisotopic (exact) mass is 194 g/mol. The molecule has 0 radical (unpaired) electrons. The predicted molar refractivity (Wildman–Crippen MR) is 51.4 cm³/mol. The van der Waals surface area contributed by atoms with Crippen molar-refractivity contribution in [2.75, 3.05) is 6.54 Å². The Labute approximate surface area is 82.5 Å². The lowest BCUT2D eigenvalue weighted by atomic mass is 10.1. The minimum Gasteiger partial charge on any atom is -0.335 e. The van der Waals surface area contributed by atoms with Crippen LogP contribution in [-0.2, 0) is 11.3 Å². The molecule has 0 spiro atoms. The molecule has 1 amide bonds. The maximum absolute atomic E-state index is 11.3. The van der Waals surface area contributed by atoms with E-state index in [9.17, 15) is 4.79 Å². The Morgan fingerprint density at radius 2 is 2.57 bits per heavy atom. The van der Waals surface area contributed by atoms with Gasteiger partial charge in [-0.3, -0.25) is 9.48 Å². The fourth-order valence-corrected chi connectivity index (χ4v) is 1.66. The average molecular weight is 194 g/mol. The zero-order valence-electron chi connectivity index (χ0n) is 8.13. The second kappa shape index (κ2) is 3.42. The molecule has 0 aliphatic carbocycles. The Balaban J connectivity index is 1.91. The lowest BCUT2D eigenvalue weighted by molar-refractivity contribution is -0.145. The second-order valence-electron chi connectivity index (χ2n) is 3.67. The predicted octanol–water partition coefficient (Wildman–Crippen LogP) is -0.559. The molecule has 1 aromatic heterocycles. The van der Waals surface area contributed by atoms with Crippen LogP contribution in [0, 0.1) is 0 Å².